The van der Waals surface area contributed by atoms with Crippen molar-refractivity contribution in [2.75, 3.05) is 12.4 Å². The molecule has 0 aliphatic rings. The molecule has 0 aromatic heterocycles. The molecule has 0 aliphatic heterocycles. The van der Waals surface area contributed by atoms with Crippen LogP contribution in [0.1, 0.15) is 20.3 Å². The van der Waals surface area contributed by atoms with E-state index in [-0.39, 0.29) is 18.1 Å². The smallest absolute Gasteiger partial charge is 0.417 e. The summed E-state index contributed by atoms with van der Waals surface area (Å²) in [5.74, 6) is 0.759. The molecule has 0 bridgehead atoms. The molecule has 0 fully saturated rings. The average Bonchev–Trinajstić information content (AvgIpc) is 2.46. The van der Waals surface area contributed by atoms with Gasteiger partial charge in [-0.3, -0.25) is 4.52 Å². The van der Waals surface area contributed by atoms with Crippen molar-refractivity contribution >= 4 is 63.1 Å². The lowest BCUT2D eigenvalue weighted by Gasteiger charge is -2.18. The van der Waals surface area contributed by atoms with Gasteiger partial charge in [0.1, 0.15) is 11.5 Å². The van der Waals surface area contributed by atoms with Crippen molar-refractivity contribution in [3.63, 3.8) is 0 Å². The van der Waals surface area contributed by atoms with E-state index in [0.717, 1.165) is 17.8 Å². The summed E-state index contributed by atoms with van der Waals surface area (Å²) in [5.41, 5.74) is 0. The van der Waals surface area contributed by atoms with Crippen LogP contribution in [0.15, 0.2) is 24.3 Å². The highest BCUT2D eigenvalue weighted by atomic mass is 35.6. The van der Waals surface area contributed by atoms with Crippen molar-refractivity contribution < 1.29 is 26.2 Å². The van der Waals surface area contributed by atoms with E-state index in [1.807, 2.05) is 6.92 Å². The summed E-state index contributed by atoms with van der Waals surface area (Å²) in [4.78, 5) is 0. The molecule has 6 nitrogen and oxygen atoms in total. The molecule has 1 unspecified atom stereocenters. The first-order valence-corrected chi connectivity index (χ1v) is 12.4. The number of alkyl halides is 3. The van der Waals surface area contributed by atoms with Crippen LogP contribution in [-0.4, -0.2) is 23.9 Å². The molecule has 0 N–H and O–H groups in total. The molecule has 0 spiro atoms. The van der Waals surface area contributed by atoms with Gasteiger partial charge in [0.15, 0.2) is 0 Å². The minimum absolute atomic E-state index is 0.0823. The topological polar surface area (TPSA) is 78.9 Å². The van der Waals surface area contributed by atoms with Gasteiger partial charge in [-0.05, 0) is 49.0 Å². The zero-order chi connectivity index (χ0) is 18.4. The van der Waals surface area contributed by atoms with Crippen LogP contribution < -0.4 is 8.71 Å². The molecule has 1 aromatic carbocycles. The highest BCUT2D eigenvalue weighted by molar-refractivity contribution is 8.55. The van der Waals surface area contributed by atoms with Crippen molar-refractivity contribution in [2.24, 2.45) is 0 Å². The molecule has 1 aromatic rings. The minimum Gasteiger partial charge on any atom is -0.417 e. The van der Waals surface area contributed by atoms with E-state index in [2.05, 4.69) is 4.18 Å². The van der Waals surface area contributed by atoms with Gasteiger partial charge in [0, 0.05) is 5.75 Å². The summed E-state index contributed by atoms with van der Waals surface area (Å²) in [7, 11) is -4.45. The summed E-state index contributed by atoms with van der Waals surface area (Å²) in [6.45, 7) is 0.541. The Labute approximate surface area is 160 Å². The summed E-state index contributed by atoms with van der Waals surface area (Å²) in [6.07, 6.45) is 0.812. The van der Waals surface area contributed by atoms with Gasteiger partial charge in [-0.2, -0.15) is 8.42 Å². The second kappa shape index (κ2) is 9.21. The van der Waals surface area contributed by atoms with Crippen molar-refractivity contribution in [1.82, 2.24) is 0 Å². The number of rotatable bonds is 9. The van der Waals surface area contributed by atoms with Crippen LogP contribution in [0.5, 0.6) is 11.5 Å². The first-order valence-electron chi connectivity index (χ1n) is 6.72. The zero-order valence-corrected chi connectivity index (χ0v) is 17.6. The molecular weight excluding hydrogens is 442 g/mol. The van der Waals surface area contributed by atoms with E-state index < -0.39 is 20.0 Å². The van der Waals surface area contributed by atoms with E-state index in [1.54, 1.807) is 6.92 Å². The molecule has 0 saturated carbocycles. The third-order valence-electron chi connectivity index (χ3n) is 2.27. The Hall–Kier alpha value is 0.180. The van der Waals surface area contributed by atoms with Gasteiger partial charge >= 0.3 is 20.0 Å². The fourth-order valence-electron chi connectivity index (χ4n) is 1.31. The zero-order valence-electron chi connectivity index (χ0n) is 12.8. The summed E-state index contributed by atoms with van der Waals surface area (Å²) >= 11 is 17.0. The molecule has 0 saturated heterocycles. The number of hydrogen-bond donors (Lipinski definition) is 0. The second-order valence-corrected chi connectivity index (χ2v) is 13.0. The fraction of sp³-hybridized carbons (Fsp3) is 0.500. The van der Waals surface area contributed by atoms with E-state index >= 15 is 0 Å². The first kappa shape index (κ1) is 22.2. The van der Waals surface area contributed by atoms with Gasteiger partial charge in [-0.25, -0.2) is 4.57 Å². The van der Waals surface area contributed by atoms with Crippen molar-refractivity contribution in [1.29, 1.82) is 0 Å². The highest BCUT2D eigenvalue weighted by Crippen LogP contribution is 2.60. The Balaban J connectivity index is 2.85. The fourth-order valence-corrected chi connectivity index (χ4v) is 5.51. The van der Waals surface area contributed by atoms with E-state index in [0.29, 0.717) is 5.75 Å². The molecule has 138 valence electrons. The Kier molecular flexibility index (Phi) is 8.53. The Bertz CT molecular complexity index is 675. The molecule has 1 atom stereocenters. The standard InChI is InChI=1S/C12H16Cl3O6PS2/c1-3-9-23-22(16,19-4-2)20-10-5-7-11(8-6-10)21-24(17,18)12(13,14)15/h5-8H,3-4,9H2,1-2H3. The van der Waals surface area contributed by atoms with Gasteiger partial charge in [-0.15, -0.1) is 0 Å². The van der Waals surface area contributed by atoms with Crippen LogP contribution in [0.2, 0.25) is 0 Å². The largest absolute Gasteiger partial charge is 0.440 e. The summed E-state index contributed by atoms with van der Waals surface area (Å²) < 4.78 is 48.5. The van der Waals surface area contributed by atoms with Crippen LogP contribution in [0, 0.1) is 0 Å². The van der Waals surface area contributed by atoms with Gasteiger partial charge in [0.25, 0.3) is 0 Å². The van der Waals surface area contributed by atoms with Crippen LogP contribution in [-0.2, 0) is 19.2 Å². The van der Waals surface area contributed by atoms with Crippen LogP contribution in [0.4, 0.5) is 0 Å². The molecular formula is C12H16Cl3O6PS2. The maximum atomic E-state index is 12.5. The quantitative estimate of drug-likeness (QED) is 0.279. The van der Waals surface area contributed by atoms with Crippen LogP contribution in [0.3, 0.4) is 0 Å². The van der Waals surface area contributed by atoms with Crippen LogP contribution >= 0.6 is 53.0 Å². The normalized spacial score (nSPS) is 14.9. The average molecular weight is 458 g/mol. The summed E-state index contributed by atoms with van der Waals surface area (Å²) in [6, 6.07) is 5.32. The lowest BCUT2D eigenvalue weighted by Crippen LogP contribution is -2.24. The SMILES string of the molecule is CCCSP(=O)(OCC)Oc1ccc(OS(=O)(=O)C(Cl)(Cl)Cl)cc1. The molecule has 12 heteroatoms. The predicted molar refractivity (Wildman–Crippen MR) is 98.9 cm³/mol. The van der Waals surface area contributed by atoms with E-state index in [1.165, 1.54) is 24.3 Å². The maximum Gasteiger partial charge on any atom is 0.440 e. The lowest BCUT2D eigenvalue weighted by molar-refractivity contribution is 0.296. The lowest BCUT2D eigenvalue weighted by atomic mass is 10.3. The van der Waals surface area contributed by atoms with Gasteiger partial charge in [0.05, 0.1) is 6.61 Å². The molecule has 1 rings (SSSR count). The Morgan fingerprint density at radius 1 is 1.12 bits per heavy atom. The third kappa shape index (κ3) is 6.83. The van der Waals surface area contributed by atoms with Gasteiger partial charge < -0.3 is 8.71 Å². The first-order chi connectivity index (χ1) is 11.0. The number of hydrogen-bond acceptors (Lipinski definition) is 7. The van der Waals surface area contributed by atoms with Crippen molar-refractivity contribution in [3.8, 4) is 11.5 Å². The van der Waals surface area contributed by atoms with Gasteiger partial charge in [-0.1, -0.05) is 41.7 Å². The molecule has 0 heterocycles. The highest BCUT2D eigenvalue weighted by Gasteiger charge is 2.40. The molecule has 0 aliphatic carbocycles. The minimum atomic E-state index is -4.45. The summed E-state index contributed by atoms with van der Waals surface area (Å²) in [5, 5.41) is 0. The Morgan fingerprint density at radius 3 is 2.12 bits per heavy atom. The van der Waals surface area contributed by atoms with Crippen molar-refractivity contribution in [3.05, 3.63) is 24.3 Å². The van der Waals surface area contributed by atoms with Gasteiger partial charge in [0.2, 0.25) is 0 Å². The van der Waals surface area contributed by atoms with Crippen LogP contribution in [0.25, 0.3) is 0 Å². The predicted octanol–water partition coefficient (Wildman–Crippen LogP) is 5.39. The third-order valence-corrected chi connectivity index (χ3v) is 8.90. The van der Waals surface area contributed by atoms with E-state index in [9.17, 15) is 13.0 Å². The monoisotopic (exact) mass is 456 g/mol. The Morgan fingerprint density at radius 2 is 1.67 bits per heavy atom. The second-order valence-electron chi connectivity index (χ2n) is 4.24. The molecule has 0 amide bonds. The number of halogens is 3. The molecule has 24 heavy (non-hydrogen) atoms. The number of benzene rings is 1. The van der Waals surface area contributed by atoms with Crippen molar-refractivity contribution in [2.45, 2.75) is 23.4 Å². The van der Waals surface area contributed by atoms with E-state index in [4.69, 9.17) is 43.9 Å². The maximum absolute atomic E-state index is 12.5. The molecule has 0 radical (unpaired) electrons.